The van der Waals surface area contributed by atoms with E-state index in [0.29, 0.717) is 5.92 Å². The van der Waals surface area contributed by atoms with E-state index in [1.165, 1.54) is 109 Å². The molecule has 1 heteroatoms. The van der Waals surface area contributed by atoms with E-state index in [0.717, 1.165) is 0 Å². The molecule has 2 unspecified atom stereocenters. The third kappa shape index (κ3) is 5.20. The van der Waals surface area contributed by atoms with Crippen LogP contribution in [0, 0.1) is 0 Å². The van der Waals surface area contributed by atoms with Gasteiger partial charge in [-0.1, -0.05) is 182 Å². The second-order valence-corrected chi connectivity index (χ2v) is 16.6. The molecular weight excluding hydrogens is 705 g/mol. The minimum atomic E-state index is 0.278. The highest BCUT2D eigenvalue weighted by molar-refractivity contribution is 7.25. The molecule has 0 nitrogen and oxygen atoms in total. The van der Waals surface area contributed by atoms with Gasteiger partial charge in [0.15, 0.2) is 0 Å². The quantitative estimate of drug-likeness (QED) is 0.169. The van der Waals surface area contributed by atoms with Crippen LogP contribution in [0.3, 0.4) is 0 Å². The largest absolute Gasteiger partial charge is 0.135 e. The van der Waals surface area contributed by atoms with Gasteiger partial charge < -0.3 is 0 Å². The highest BCUT2D eigenvalue weighted by Gasteiger charge is 2.40. The molecule has 12 rings (SSSR count). The predicted molar refractivity (Wildman–Crippen MR) is 242 cm³/mol. The maximum absolute atomic E-state index is 2.44. The molecule has 9 aromatic carbocycles. The van der Waals surface area contributed by atoms with Crippen molar-refractivity contribution in [1.82, 2.24) is 0 Å². The first-order valence-electron chi connectivity index (χ1n) is 19.9. The Balaban J connectivity index is 0.823. The van der Waals surface area contributed by atoms with Crippen molar-refractivity contribution in [3.63, 3.8) is 0 Å². The summed E-state index contributed by atoms with van der Waals surface area (Å²) >= 11 is 1.87. The topological polar surface area (TPSA) is 0 Å². The summed E-state index contributed by atoms with van der Waals surface area (Å²) in [5.41, 5.74) is 21.0. The average Bonchev–Trinajstić information content (AvgIpc) is 3.67. The van der Waals surface area contributed by atoms with Crippen LogP contribution in [-0.4, -0.2) is 0 Å². The second kappa shape index (κ2) is 12.9. The van der Waals surface area contributed by atoms with Crippen molar-refractivity contribution >= 4 is 31.5 Å². The number of hydrogen-bond donors (Lipinski definition) is 0. The van der Waals surface area contributed by atoms with Crippen molar-refractivity contribution < 1.29 is 0 Å². The molecular formula is C56H36S. The first-order chi connectivity index (χ1) is 28.2. The number of benzene rings is 9. The Morgan fingerprint density at radius 3 is 1.12 bits per heavy atom. The lowest BCUT2D eigenvalue weighted by molar-refractivity contribution is 0.677. The summed E-state index contributed by atoms with van der Waals surface area (Å²) in [6, 6.07) is 77.0. The van der Waals surface area contributed by atoms with Gasteiger partial charge >= 0.3 is 0 Å². The molecule has 0 aliphatic heterocycles. The normalized spacial score (nSPS) is 15.0. The highest BCUT2D eigenvalue weighted by atomic mass is 32.1. The van der Waals surface area contributed by atoms with Crippen molar-refractivity contribution in [2.45, 2.75) is 11.8 Å². The number of rotatable bonds is 4. The van der Waals surface area contributed by atoms with Gasteiger partial charge in [-0.25, -0.2) is 0 Å². The van der Waals surface area contributed by atoms with Crippen LogP contribution in [0.1, 0.15) is 34.1 Å². The Kier molecular flexibility index (Phi) is 7.33. The second-order valence-electron chi connectivity index (χ2n) is 15.6. The van der Waals surface area contributed by atoms with E-state index >= 15 is 0 Å². The van der Waals surface area contributed by atoms with Gasteiger partial charge in [-0.3, -0.25) is 0 Å². The molecule has 0 spiro atoms. The fourth-order valence-corrected chi connectivity index (χ4v) is 10.9. The molecule has 0 fully saturated rings. The van der Waals surface area contributed by atoms with E-state index in [1.54, 1.807) is 0 Å². The van der Waals surface area contributed by atoms with Crippen LogP contribution >= 0.6 is 11.3 Å². The molecule has 0 saturated heterocycles. The molecule has 10 aromatic rings. The smallest absolute Gasteiger partial charge is 0.0355 e. The van der Waals surface area contributed by atoms with Crippen LogP contribution in [0.4, 0.5) is 0 Å². The lowest BCUT2D eigenvalue weighted by Gasteiger charge is -2.41. The van der Waals surface area contributed by atoms with Crippen molar-refractivity contribution in [2.24, 2.45) is 0 Å². The van der Waals surface area contributed by atoms with E-state index in [-0.39, 0.29) is 5.92 Å². The van der Waals surface area contributed by atoms with Crippen molar-refractivity contribution in [3.05, 3.63) is 229 Å². The van der Waals surface area contributed by atoms with Crippen LogP contribution < -0.4 is 0 Å². The van der Waals surface area contributed by atoms with E-state index in [2.05, 4.69) is 206 Å². The molecule has 0 N–H and O–H groups in total. The summed E-state index contributed by atoms with van der Waals surface area (Å²) < 4.78 is 2.68. The number of thiophene rings is 1. The summed E-state index contributed by atoms with van der Waals surface area (Å²) in [7, 11) is 0. The van der Waals surface area contributed by atoms with Crippen LogP contribution in [0.5, 0.6) is 0 Å². The number of hydrogen-bond acceptors (Lipinski definition) is 1. The molecule has 0 amide bonds. The molecule has 1 heterocycles. The maximum Gasteiger partial charge on any atom is 0.0355 e. The fraction of sp³-hybridized carbons (Fsp3) is 0.0357. The number of fused-ring (bicyclic) bond motifs is 14. The lowest BCUT2D eigenvalue weighted by Crippen LogP contribution is -2.24. The van der Waals surface area contributed by atoms with Gasteiger partial charge in [0.1, 0.15) is 0 Å². The summed E-state index contributed by atoms with van der Waals surface area (Å²) in [6.07, 6.45) is 0. The standard InChI is InChI=1S/C56H36S/c1-4-13-47-43(9-1)44-10-2-5-14-48(44)56-50-31-29-41(33-51(50)45-11-3-6-15-49(45)55(47)56)39-25-21-37(22-26-39)35-17-19-36(20-18-35)38-23-27-40(28-24-38)42-30-32-54-52(34-42)46-12-7-8-16-53(46)57-54/h1-34,55-56H. The third-order valence-electron chi connectivity index (χ3n) is 12.6. The third-order valence-corrected chi connectivity index (χ3v) is 13.7. The SMILES string of the molecule is c1ccc2c(c1)-c1ccccc1C1c3ccc(-c4ccc(-c5ccc(-c6ccc(-c7ccc8sc9ccccc9c8c7)cc6)cc5)cc4)cc3-c3ccccc3C21. The summed E-state index contributed by atoms with van der Waals surface area (Å²) in [6.45, 7) is 0. The first kappa shape index (κ1) is 32.4. The molecule has 1 aromatic heterocycles. The van der Waals surface area contributed by atoms with Crippen LogP contribution in [0.25, 0.3) is 86.9 Å². The van der Waals surface area contributed by atoms with Crippen molar-refractivity contribution in [1.29, 1.82) is 0 Å². The van der Waals surface area contributed by atoms with E-state index in [9.17, 15) is 0 Å². The minimum Gasteiger partial charge on any atom is -0.135 e. The van der Waals surface area contributed by atoms with Crippen molar-refractivity contribution in [3.8, 4) is 66.8 Å². The van der Waals surface area contributed by atoms with E-state index < -0.39 is 0 Å². The highest BCUT2D eigenvalue weighted by Crippen LogP contribution is 2.58. The van der Waals surface area contributed by atoms with Crippen LogP contribution in [0.15, 0.2) is 206 Å². The molecule has 0 bridgehead atoms. The Morgan fingerprint density at radius 2 is 0.596 bits per heavy atom. The zero-order valence-corrected chi connectivity index (χ0v) is 32.0. The summed E-state index contributed by atoms with van der Waals surface area (Å²) in [4.78, 5) is 0. The molecule has 266 valence electrons. The molecule has 0 radical (unpaired) electrons. The summed E-state index contributed by atoms with van der Waals surface area (Å²) in [5, 5.41) is 2.68. The van der Waals surface area contributed by atoms with Gasteiger partial charge in [-0.05, 0) is 113 Å². The molecule has 2 aliphatic rings. The monoisotopic (exact) mass is 740 g/mol. The van der Waals surface area contributed by atoms with Gasteiger partial charge in [-0.15, -0.1) is 11.3 Å². The zero-order valence-electron chi connectivity index (χ0n) is 31.2. The van der Waals surface area contributed by atoms with Crippen molar-refractivity contribution in [2.75, 3.05) is 0 Å². The summed E-state index contributed by atoms with van der Waals surface area (Å²) in [5.74, 6) is 0.574. The predicted octanol–water partition coefficient (Wildman–Crippen LogP) is 15.6. The van der Waals surface area contributed by atoms with Crippen LogP contribution in [0.2, 0.25) is 0 Å². The van der Waals surface area contributed by atoms with E-state index in [4.69, 9.17) is 0 Å². The van der Waals surface area contributed by atoms with Gasteiger partial charge in [0, 0.05) is 32.0 Å². The van der Waals surface area contributed by atoms with Gasteiger partial charge in [0.05, 0.1) is 0 Å². The molecule has 0 saturated carbocycles. The Morgan fingerprint density at radius 1 is 0.246 bits per heavy atom. The molecule has 2 atom stereocenters. The Labute approximate surface area is 337 Å². The van der Waals surface area contributed by atoms with Crippen LogP contribution in [-0.2, 0) is 0 Å². The van der Waals surface area contributed by atoms with E-state index in [1.807, 2.05) is 11.3 Å². The molecule has 57 heavy (non-hydrogen) atoms. The van der Waals surface area contributed by atoms with Gasteiger partial charge in [0.25, 0.3) is 0 Å². The van der Waals surface area contributed by atoms with Gasteiger partial charge in [-0.2, -0.15) is 0 Å². The minimum absolute atomic E-state index is 0.278. The Hall–Kier alpha value is -6.80. The fourth-order valence-electron chi connectivity index (χ4n) is 9.81. The lowest BCUT2D eigenvalue weighted by atomic mass is 9.61. The zero-order chi connectivity index (χ0) is 37.5. The first-order valence-corrected chi connectivity index (χ1v) is 20.7. The average molecular weight is 741 g/mol. The maximum atomic E-state index is 2.44. The Bertz CT molecular complexity index is 3160. The molecule has 2 aliphatic carbocycles. The van der Waals surface area contributed by atoms with Gasteiger partial charge in [0.2, 0.25) is 0 Å².